The maximum atomic E-state index is 3.60. The van der Waals surface area contributed by atoms with Gasteiger partial charge in [-0.15, -0.1) is 0 Å². The molecule has 0 radical (unpaired) electrons. The monoisotopic (exact) mass is 217 g/mol. The summed E-state index contributed by atoms with van der Waals surface area (Å²) in [5.74, 6) is 0. The van der Waals surface area contributed by atoms with E-state index in [9.17, 15) is 0 Å². The van der Waals surface area contributed by atoms with Gasteiger partial charge in [0.1, 0.15) is 6.29 Å². The Morgan fingerprint density at radius 3 is 1.50 bits per heavy atom. The van der Waals surface area contributed by atoms with Crippen LogP contribution < -0.4 is 5.32 Å². The van der Waals surface area contributed by atoms with Crippen molar-refractivity contribution in [3.05, 3.63) is 0 Å². The molecular weight excluding hydrogens is 190 g/mol. The summed E-state index contributed by atoms with van der Waals surface area (Å²) in [6.07, 6.45) is 1.61. The number of rotatable bonds is 8. The van der Waals surface area contributed by atoms with Crippen LogP contribution in [0.15, 0.2) is 0 Å². The Balaban J connectivity index is 4.36. The van der Waals surface area contributed by atoms with Gasteiger partial charge in [-0.25, -0.2) is 0 Å². The van der Waals surface area contributed by atoms with Crippen molar-refractivity contribution in [1.82, 2.24) is 15.1 Å². The van der Waals surface area contributed by atoms with E-state index in [-0.39, 0.29) is 0 Å². The molecule has 0 aliphatic rings. The molecular formula is C10H27N3Si. The van der Waals surface area contributed by atoms with Crippen molar-refractivity contribution in [3.8, 4) is 0 Å². The second kappa shape index (κ2) is 8.41. The Morgan fingerprint density at radius 1 is 0.929 bits per heavy atom. The fourth-order valence-corrected chi connectivity index (χ4v) is 2.18. The predicted molar refractivity (Wildman–Crippen MR) is 67.6 cm³/mol. The standard InChI is InChI=1S/C10H27N3Si/c1-5-12(6-2)10(11-9-14)13(7-3)8-4/h10-11H,5-9H2,1-4,14H3. The molecule has 86 valence electrons. The van der Waals surface area contributed by atoms with Gasteiger partial charge in [-0.05, 0) is 32.3 Å². The van der Waals surface area contributed by atoms with Crippen molar-refractivity contribution in [2.24, 2.45) is 0 Å². The van der Waals surface area contributed by atoms with Gasteiger partial charge in [0.05, 0.1) is 0 Å². The molecule has 0 aliphatic carbocycles. The van der Waals surface area contributed by atoms with Gasteiger partial charge in [0, 0.05) is 10.2 Å². The first kappa shape index (κ1) is 14.1. The van der Waals surface area contributed by atoms with Crippen LogP contribution in [0.25, 0.3) is 0 Å². The molecule has 14 heavy (non-hydrogen) atoms. The van der Waals surface area contributed by atoms with E-state index >= 15 is 0 Å². The maximum Gasteiger partial charge on any atom is 0.116 e. The van der Waals surface area contributed by atoms with Crippen molar-refractivity contribution >= 4 is 10.2 Å². The van der Waals surface area contributed by atoms with E-state index in [1.807, 2.05) is 0 Å². The summed E-state index contributed by atoms with van der Waals surface area (Å²) in [5, 5.41) is 3.60. The Morgan fingerprint density at radius 2 is 1.29 bits per heavy atom. The van der Waals surface area contributed by atoms with E-state index in [2.05, 4.69) is 42.8 Å². The molecule has 0 fully saturated rings. The smallest absolute Gasteiger partial charge is 0.116 e. The fraction of sp³-hybridized carbons (Fsp3) is 1.00. The summed E-state index contributed by atoms with van der Waals surface area (Å²) in [7, 11) is 1.22. The van der Waals surface area contributed by atoms with Crippen LogP contribution in [-0.4, -0.2) is 58.7 Å². The van der Waals surface area contributed by atoms with Crippen LogP contribution in [0.3, 0.4) is 0 Å². The number of hydrogen-bond donors (Lipinski definition) is 1. The zero-order chi connectivity index (χ0) is 11.0. The Kier molecular flexibility index (Phi) is 8.47. The van der Waals surface area contributed by atoms with Crippen molar-refractivity contribution in [2.45, 2.75) is 34.0 Å². The first-order valence-corrected chi connectivity index (χ1v) is 7.37. The summed E-state index contributed by atoms with van der Waals surface area (Å²) in [4.78, 5) is 4.95. The topological polar surface area (TPSA) is 18.5 Å². The zero-order valence-electron chi connectivity index (χ0n) is 10.5. The molecule has 0 spiro atoms. The Hall–Kier alpha value is 0.0969. The van der Waals surface area contributed by atoms with E-state index in [0.29, 0.717) is 6.29 Å². The lowest BCUT2D eigenvalue weighted by atomic mass is 10.4. The summed E-state index contributed by atoms with van der Waals surface area (Å²) in [6, 6.07) is 0. The molecule has 0 saturated carbocycles. The third kappa shape index (κ3) is 4.08. The average molecular weight is 217 g/mol. The second-order valence-electron chi connectivity index (χ2n) is 3.37. The minimum absolute atomic E-state index is 0.442. The van der Waals surface area contributed by atoms with Crippen LogP contribution in [0.5, 0.6) is 0 Å². The first-order chi connectivity index (χ1) is 6.74. The van der Waals surface area contributed by atoms with E-state index in [1.165, 1.54) is 10.2 Å². The van der Waals surface area contributed by atoms with Gasteiger partial charge in [0.2, 0.25) is 0 Å². The number of nitrogens with one attached hydrogen (secondary N) is 1. The van der Waals surface area contributed by atoms with E-state index < -0.39 is 0 Å². The van der Waals surface area contributed by atoms with Crippen LogP contribution in [0, 0.1) is 0 Å². The van der Waals surface area contributed by atoms with Crippen LogP contribution in [0.2, 0.25) is 0 Å². The summed E-state index contributed by atoms with van der Waals surface area (Å²) in [5.41, 5.74) is 0. The van der Waals surface area contributed by atoms with Crippen molar-refractivity contribution in [2.75, 3.05) is 32.3 Å². The van der Waals surface area contributed by atoms with Gasteiger partial charge in [-0.3, -0.25) is 15.1 Å². The van der Waals surface area contributed by atoms with Crippen molar-refractivity contribution < 1.29 is 0 Å². The van der Waals surface area contributed by atoms with Gasteiger partial charge in [0.25, 0.3) is 0 Å². The van der Waals surface area contributed by atoms with Gasteiger partial charge in [-0.1, -0.05) is 27.7 Å². The SMILES string of the molecule is CCN(CC)C(NC[SiH3])N(CC)CC. The van der Waals surface area contributed by atoms with Crippen LogP contribution in [-0.2, 0) is 0 Å². The molecule has 0 bridgehead atoms. The fourth-order valence-electron chi connectivity index (χ4n) is 1.81. The summed E-state index contributed by atoms with van der Waals surface area (Å²) < 4.78 is 0. The molecule has 0 atom stereocenters. The lowest BCUT2D eigenvalue weighted by Crippen LogP contribution is -2.56. The highest BCUT2D eigenvalue weighted by atomic mass is 28.1. The molecule has 0 aromatic rings. The molecule has 1 N–H and O–H groups in total. The molecule has 0 aliphatic heterocycles. The highest BCUT2D eigenvalue weighted by molar-refractivity contribution is 6.08. The van der Waals surface area contributed by atoms with Gasteiger partial charge in [-0.2, -0.15) is 0 Å². The Labute approximate surface area is 92.3 Å². The first-order valence-electron chi connectivity index (χ1n) is 5.96. The zero-order valence-corrected chi connectivity index (χ0v) is 12.5. The van der Waals surface area contributed by atoms with Crippen molar-refractivity contribution in [3.63, 3.8) is 0 Å². The van der Waals surface area contributed by atoms with Crippen LogP contribution in [0.4, 0.5) is 0 Å². The minimum atomic E-state index is 0.442. The normalized spacial score (nSPS) is 12.2. The Bertz CT molecular complexity index is 113. The highest BCUT2D eigenvalue weighted by Crippen LogP contribution is 2.02. The van der Waals surface area contributed by atoms with Gasteiger partial charge >= 0.3 is 0 Å². The highest BCUT2D eigenvalue weighted by Gasteiger charge is 2.19. The molecule has 0 rings (SSSR count). The summed E-state index contributed by atoms with van der Waals surface area (Å²) in [6.45, 7) is 13.4. The van der Waals surface area contributed by atoms with E-state index in [0.717, 1.165) is 32.3 Å². The molecule has 0 heterocycles. The maximum absolute atomic E-state index is 3.60. The molecule has 3 nitrogen and oxygen atoms in total. The quantitative estimate of drug-likeness (QED) is 0.451. The van der Waals surface area contributed by atoms with Gasteiger partial charge in [0.15, 0.2) is 0 Å². The van der Waals surface area contributed by atoms with E-state index in [4.69, 9.17) is 0 Å². The summed E-state index contributed by atoms with van der Waals surface area (Å²) >= 11 is 0. The molecule has 0 aromatic carbocycles. The van der Waals surface area contributed by atoms with E-state index in [1.54, 1.807) is 0 Å². The third-order valence-electron chi connectivity index (χ3n) is 2.70. The molecule has 0 amide bonds. The number of hydrogen-bond acceptors (Lipinski definition) is 3. The molecule has 4 heteroatoms. The lowest BCUT2D eigenvalue weighted by molar-refractivity contribution is 0.0349. The van der Waals surface area contributed by atoms with Crippen molar-refractivity contribution in [1.29, 1.82) is 0 Å². The minimum Gasteiger partial charge on any atom is -0.293 e. The molecule has 0 saturated heterocycles. The number of nitrogens with zero attached hydrogens (tertiary/aromatic N) is 2. The average Bonchev–Trinajstić information content (AvgIpc) is 2.21. The molecule has 0 aromatic heterocycles. The lowest BCUT2D eigenvalue weighted by Gasteiger charge is -2.38. The van der Waals surface area contributed by atoms with Crippen LogP contribution >= 0.6 is 0 Å². The second-order valence-corrected chi connectivity index (χ2v) is 4.08. The van der Waals surface area contributed by atoms with Crippen LogP contribution in [0.1, 0.15) is 27.7 Å². The largest absolute Gasteiger partial charge is 0.293 e. The molecule has 0 unspecified atom stereocenters. The third-order valence-corrected chi connectivity index (χ3v) is 3.11. The van der Waals surface area contributed by atoms with Gasteiger partial charge < -0.3 is 0 Å². The predicted octanol–water partition coefficient (Wildman–Crippen LogP) is -0.134.